The standard InChI is InChI=1S/C23H25N3O6S/c1-2-32-15-7-9-16(10-8-15)33(29,30)25-12-21(18-13-31-14-22(18)25)26-20-6-4-3-5-17(20)19(24-26)11-23(27)28/h3-10,18,21-22H,2,11-14H2,1H3,(H,27,28)/t18-,21+,22-/m0/s1. The zero-order valence-corrected chi connectivity index (χ0v) is 18.9. The normalized spacial score (nSPS) is 23.1. The van der Waals surface area contributed by atoms with Gasteiger partial charge < -0.3 is 14.6 Å². The van der Waals surface area contributed by atoms with E-state index in [4.69, 9.17) is 9.47 Å². The van der Waals surface area contributed by atoms with Crippen LogP contribution in [0.3, 0.4) is 0 Å². The van der Waals surface area contributed by atoms with Crippen LogP contribution < -0.4 is 4.74 Å². The minimum Gasteiger partial charge on any atom is -0.494 e. The molecule has 0 radical (unpaired) electrons. The molecule has 2 aromatic carbocycles. The van der Waals surface area contributed by atoms with Crippen LogP contribution in [0.4, 0.5) is 0 Å². The molecule has 1 aromatic heterocycles. The van der Waals surface area contributed by atoms with Crippen LogP contribution >= 0.6 is 0 Å². The Labute approximate surface area is 191 Å². The smallest absolute Gasteiger partial charge is 0.309 e. The molecule has 2 saturated heterocycles. The van der Waals surface area contributed by atoms with Gasteiger partial charge in [-0.15, -0.1) is 0 Å². The summed E-state index contributed by atoms with van der Waals surface area (Å²) in [7, 11) is -3.77. The van der Waals surface area contributed by atoms with Gasteiger partial charge in [0.15, 0.2) is 0 Å². The Kier molecular flexibility index (Phi) is 5.59. The number of aliphatic carboxylic acids is 1. The van der Waals surface area contributed by atoms with Gasteiger partial charge in [-0.2, -0.15) is 9.40 Å². The molecule has 33 heavy (non-hydrogen) atoms. The van der Waals surface area contributed by atoms with Gasteiger partial charge in [-0.25, -0.2) is 8.42 Å². The topological polar surface area (TPSA) is 111 Å². The second-order valence-electron chi connectivity index (χ2n) is 8.29. The van der Waals surface area contributed by atoms with Crippen LogP contribution in [0.15, 0.2) is 53.4 Å². The van der Waals surface area contributed by atoms with Crippen molar-refractivity contribution in [2.75, 3.05) is 26.4 Å². The number of hydrogen-bond acceptors (Lipinski definition) is 6. The summed E-state index contributed by atoms with van der Waals surface area (Å²) in [6, 6.07) is 13.3. The molecule has 3 heterocycles. The van der Waals surface area contributed by atoms with Gasteiger partial charge in [0.2, 0.25) is 10.0 Å². The minimum absolute atomic E-state index is 0.0801. The zero-order chi connectivity index (χ0) is 23.2. The number of nitrogens with zero attached hydrogens (tertiary/aromatic N) is 3. The van der Waals surface area contributed by atoms with E-state index >= 15 is 0 Å². The van der Waals surface area contributed by atoms with Crippen LogP contribution in [-0.4, -0.2) is 66.0 Å². The van der Waals surface area contributed by atoms with E-state index in [0.29, 0.717) is 31.3 Å². The Morgan fingerprint density at radius 1 is 1.15 bits per heavy atom. The molecular formula is C23H25N3O6S. The molecule has 10 heteroatoms. The van der Waals surface area contributed by atoms with Gasteiger partial charge >= 0.3 is 5.97 Å². The first-order valence-corrected chi connectivity index (χ1v) is 12.3. The Bertz CT molecular complexity index is 1290. The van der Waals surface area contributed by atoms with Crippen molar-refractivity contribution in [3.63, 3.8) is 0 Å². The van der Waals surface area contributed by atoms with Crippen LogP contribution in [0.2, 0.25) is 0 Å². The third-order valence-corrected chi connectivity index (χ3v) is 8.29. The lowest BCUT2D eigenvalue weighted by molar-refractivity contribution is -0.136. The van der Waals surface area contributed by atoms with Crippen molar-refractivity contribution in [1.82, 2.24) is 14.1 Å². The SMILES string of the molecule is CCOc1ccc(S(=O)(=O)N2C[C@@H](n3nc(CC(=O)O)c4ccccc43)[C@@H]3COC[C@@H]32)cc1. The molecule has 2 fully saturated rings. The zero-order valence-electron chi connectivity index (χ0n) is 18.1. The Morgan fingerprint density at radius 3 is 2.64 bits per heavy atom. The quantitative estimate of drug-likeness (QED) is 0.563. The number of rotatable bonds is 7. The molecule has 0 spiro atoms. The number of sulfonamides is 1. The lowest BCUT2D eigenvalue weighted by Crippen LogP contribution is -2.38. The average Bonchev–Trinajstić information content (AvgIpc) is 3.49. The van der Waals surface area contributed by atoms with Gasteiger partial charge in [-0.1, -0.05) is 18.2 Å². The summed E-state index contributed by atoms with van der Waals surface area (Å²) in [5, 5.41) is 14.7. The number of fused-ring (bicyclic) bond motifs is 2. The summed E-state index contributed by atoms with van der Waals surface area (Å²) in [6.45, 7) is 3.36. The Hall–Kier alpha value is -2.95. The maximum absolute atomic E-state index is 13.6. The molecule has 3 atom stereocenters. The van der Waals surface area contributed by atoms with Crippen molar-refractivity contribution in [2.24, 2.45) is 5.92 Å². The van der Waals surface area contributed by atoms with Gasteiger partial charge in [0.25, 0.3) is 0 Å². The van der Waals surface area contributed by atoms with Crippen molar-refractivity contribution >= 4 is 26.9 Å². The van der Waals surface area contributed by atoms with E-state index in [1.807, 2.05) is 31.2 Å². The summed E-state index contributed by atoms with van der Waals surface area (Å²) in [6.07, 6.45) is -0.195. The number of carboxylic acid groups (broad SMARTS) is 1. The van der Waals surface area contributed by atoms with Gasteiger partial charge in [-0.05, 0) is 37.3 Å². The predicted molar refractivity (Wildman–Crippen MR) is 120 cm³/mol. The first kappa shape index (κ1) is 21.9. The van der Waals surface area contributed by atoms with E-state index < -0.39 is 16.0 Å². The average molecular weight is 472 g/mol. The highest BCUT2D eigenvalue weighted by atomic mass is 32.2. The summed E-state index contributed by atoms with van der Waals surface area (Å²) in [5.41, 5.74) is 1.27. The fraction of sp³-hybridized carbons (Fsp3) is 0.391. The molecule has 3 aromatic rings. The molecule has 1 N–H and O–H groups in total. The van der Waals surface area contributed by atoms with Gasteiger partial charge in [-0.3, -0.25) is 9.48 Å². The van der Waals surface area contributed by atoms with E-state index in [-0.39, 0.29) is 35.9 Å². The molecule has 0 saturated carbocycles. The van der Waals surface area contributed by atoms with E-state index in [2.05, 4.69) is 5.10 Å². The van der Waals surface area contributed by atoms with Crippen LogP contribution in [-0.2, 0) is 26.0 Å². The molecule has 2 aliphatic heterocycles. The highest BCUT2D eigenvalue weighted by Gasteiger charge is 2.51. The second kappa shape index (κ2) is 8.44. The van der Waals surface area contributed by atoms with Crippen LogP contribution in [0.25, 0.3) is 10.9 Å². The van der Waals surface area contributed by atoms with Crippen molar-refractivity contribution in [1.29, 1.82) is 0 Å². The third kappa shape index (κ3) is 3.77. The van der Waals surface area contributed by atoms with Gasteiger partial charge in [0.05, 0.1) is 54.4 Å². The lowest BCUT2D eigenvalue weighted by Gasteiger charge is -2.22. The number of carbonyl (C=O) groups is 1. The molecule has 0 amide bonds. The molecule has 9 nitrogen and oxygen atoms in total. The number of benzene rings is 2. The highest BCUT2D eigenvalue weighted by molar-refractivity contribution is 7.89. The first-order chi connectivity index (χ1) is 15.9. The summed E-state index contributed by atoms with van der Waals surface area (Å²) < 4.78 is 41.6. The molecule has 0 aliphatic carbocycles. The summed E-state index contributed by atoms with van der Waals surface area (Å²) in [4.78, 5) is 11.6. The van der Waals surface area contributed by atoms with Crippen molar-refractivity contribution in [3.05, 3.63) is 54.2 Å². The van der Waals surface area contributed by atoms with Crippen molar-refractivity contribution < 1.29 is 27.8 Å². The number of aromatic nitrogens is 2. The Morgan fingerprint density at radius 2 is 1.91 bits per heavy atom. The van der Waals surface area contributed by atoms with E-state index in [1.165, 1.54) is 4.31 Å². The fourth-order valence-corrected chi connectivity index (χ4v) is 6.58. The number of hydrogen-bond donors (Lipinski definition) is 1. The largest absolute Gasteiger partial charge is 0.494 e. The fourth-order valence-electron chi connectivity index (χ4n) is 4.91. The van der Waals surface area contributed by atoms with E-state index in [0.717, 1.165) is 10.9 Å². The number of carboxylic acids is 1. The molecule has 5 rings (SSSR count). The second-order valence-corrected chi connectivity index (χ2v) is 10.2. The monoisotopic (exact) mass is 471 g/mol. The molecule has 2 aliphatic rings. The predicted octanol–water partition coefficient (Wildman–Crippen LogP) is 2.32. The van der Waals surface area contributed by atoms with Gasteiger partial charge in [0.1, 0.15) is 5.75 Å². The number of ether oxygens (including phenoxy) is 2. The lowest BCUT2D eigenvalue weighted by atomic mass is 10.00. The molecule has 174 valence electrons. The molecule has 0 unspecified atom stereocenters. The van der Waals surface area contributed by atoms with Crippen molar-refractivity contribution in [2.45, 2.75) is 30.3 Å². The minimum atomic E-state index is -3.77. The first-order valence-electron chi connectivity index (χ1n) is 10.9. The number of para-hydroxylation sites is 1. The Balaban J connectivity index is 1.51. The van der Waals surface area contributed by atoms with Crippen molar-refractivity contribution in [3.8, 4) is 5.75 Å². The third-order valence-electron chi connectivity index (χ3n) is 6.39. The van der Waals surface area contributed by atoms with Gasteiger partial charge in [0, 0.05) is 17.8 Å². The summed E-state index contributed by atoms with van der Waals surface area (Å²) >= 11 is 0. The highest BCUT2D eigenvalue weighted by Crippen LogP contribution is 2.42. The van der Waals surface area contributed by atoms with Crippen LogP contribution in [0.5, 0.6) is 5.75 Å². The van der Waals surface area contributed by atoms with Crippen LogP contribution in [0.1, 0.15) is 18.7 Å². The maximum atomic E-state index is 13.6. The van der Waals surface area contributed by atoms with E-state index in [9.17, 15) is 18.3 Å². The maximum Gasteiger partial charge on any atom is 0.309 e. The van der Waals surface area contributed by atoms with E-state index in [1.54, 1.807) is 28.9 Å². The van der Waals surface area contributed by atoms with Crippen LogP contribution in [0, 0.1) is 5.92 Å². The molecular weight excluding hydrogens is 446 g/mol. The summed E-state index contributed by atoms with van der Waals surface area (Å²) in [5.74, 6) is -0.422. The molecule has 0 bridgehead atoms.